The first kappa shape index (κ1) is 13.8. The van der Waals surface area contributed by atoms with Crippen LogP contribution in [0.15, 0.2) is 18.2 Å². The predicted molar refractivity (Wildman–Crippen MR) is 87.6 cm³/mol. The zero-order valence-corrected chi connectivity index (χ0v) is 13.4. The predicted octanol–water partition coefficient (Wildman–Crippen LogP) is 2.86. The minimum atomic E-state index is 0.643. The van der Waals surface area contributed by atoms with E-state index in [1.54, 1.807) is 11.3 Å². The largest absolute Gasteiger partial charge is 0.379 e. The van der Waals surface area contributed by atoms with Gasteiger partial charge >= 0.3 is 0 Å². The van der Waals surface area contributed by atoms with E-state index >= 15 is 0 Å². The van der Waals surface area contributed by atoms with E-state index < -0.39 is 0 Å². The van der Waals surface area contributed by atoms with Gasteiger partial charge in [0.25, 0.3) is 0 Å². The molecule has 2 fully saturated rings. The number of anilines is 1. The van der Waals surface area contributed by atoms with Crippen molar-refractivity contribution < 1.29 is 4.74 Å². The van der Waals surface area contributed by atoms with E-state index in [-0.39, 0.29) is 0 Å². The molecule has 1 aromatic heterocycles. The molecule has 0 radical (unpaired) electrons. The molecule has 2 aliphatic heterocycles. The van der Waals surface area contributed by atoms with Crippen molar-refractivity contribution in [3.8, 4) is 0 Å². The van der Waals surface area contributed by atoms with Crippen LogP contribution < -0.4 is 4.90 Å². The average Bonchev–Trinajstić information content (AvgIpc) is 3.14. The van der Waals surface area contributed by atoms with Gasteiger partial charge in [-0.25, -0.2) is 4.98 Å². The molecule has 0 bridgehead atoms. The second-order valence-corrected chi connectivity index (χ2v) is 7.09. The van der Waals surface area contributed by atoms with Gasteiger partial charge in [0.1, 0.15) is 0 Å². The van der Waals surface area contributed by atoms with Crippen LogP contribution in [0.3, 0.4) is 0 Å². The molecule has 4 nitrogen and oxygen atoms in total. The molecule has 4 rings (SSSR count). The third-order valence-electron chi connectivity index (χ3n) is 4.34. The molecule has 0 amide bonds. The first-order valence-corrected chi connectivity index (χ1v) is 8.62. The van der Waals surface area contributed by atoms with Crippen LogP contribution in [-0.2, 0) is 4.74 Å². The number of nitrogens with zero attached hydrogens (tertiary/aromatic N) is 3. The molecule has 112 valence electrons. The molecule has 0 saturated carbocycles. The van der Waals surface area contributed by atoms with Gasteiger partial charge in [0.15, 0.2) is 5.13 Å². The number of hydrogen-bond acceptors (Lipinski definition) is 5. The Balaban J connectivity index is 1.50. The highest BCUT2D eigenvalue weighted by atomic mass is 35.5. The molecule has 2 aliphatic rings. The SMILES string of the molecule is Clc1ccc2nc(N3CCC(N4CCOCC4)C3)sc2c1. The Kier molecular flexibility index (Phi) is 3.75. The molecular formula is C15H18ClN3OS. The zero-order chi connectivity index (χ0) is 14.2. The van der Waals surface area contributed by atoms with Crippen molar-refractivity contribution in [2.75, 3.05) is 44.3 Å². The molecule has 0 spiro atoms. The molecule has 1 aromatic carbocycles. The Morgan fingerprint density at radius 1 is 1.24 bits per heavy atom. The maximum Gasteiger partial charge on any atom is 0.186 e. The Hall–Kier alpha value is -0.880. The van der Waals surface area contributed by atoms with E-state index in [1.807, 2.05) is 18.2 Å². The van der Waals surface area contributed by atoms with E-state index in [9.17, 15) is 0 Å². The number of ether oxygens (including phenoxy) is 1. The molecular weight excluding hydrogens is 306 g/mol. The summed E-state index contributed by atoms with van der Waals surface area (Å²) in [5, 5.41) is 1.91. The van der Waals surface area contributed by atoms with Gasteiger partial charge in [-0.05, 0) is 24.6 Å². The summed E-state index contributed by atoms with van der Waals surface area (Å²) in [6.07, 6.45) is 1.22. The highest BCUT2D eigenvalue weighted by Crippen LogP contribution is 2.33. The highest BCUT2D eigenvalue weighted by molar-refractivity contribution is 7.22. The summed E-state index contributed by atoms with van der Waals surface area (Å²) in [4.78, 5) is 9.74. The van der Waals surface area contributed by atoms with Gasteiger partial charge in [0, 0.05) is 37.2 Å². The third-order valence-corrected chi connectivity index (χ3v) is 5.65. The number of morpholine rings is 1. The normalized spacial score (nSPS) is 24.0. The standard InChI is InChI=1S/C15H18ClN3OS/c16-11-1-2-13-14(9-11)21-15(17-13)19-4-3-12(10-19)18-5-7-20-8-6-18/h1-2,9,12H,3-8,10H2. The van der Waals surface area contributed by atoms with Gasteiger partial charge in [0.2, 0.25) is 0 Å². The van der Waals surface area contributed by atoms with Crippen LogP contribution in [0.4, 0.5) is 5.13 Å². The maximum absolute atomic E-state index is 6.06. The average molecular weight is 324 g/mol. The van der Waals surface area contributed by atoms with Crippen molar-refractivity contribution >= 4 is 38.3 Å². The summed E-state index contributed by atoms with van der Waals surface area (Å²) in [5.74, 6) is 0. The number of benzene rings is 1. The zero-order valence-electron chi connectivity index (χ0n) is 11.8. The third kappa shape index (κ3) is 2.75. The maximum atomic E-state index is 6.06. The summed E-state index contributed by atoms with van der Waals surface area (Å²) in [7, 11) is 0. The fourth-order valence-corrected chi connectivity index (χ4v) is 4.45. The number of thiazole rings is 1. The summed E-state index contributed by atoms with van der Waals surface area (Å²) in [6.45, 7) is 6.04. The van der Waals surface area contributed by atoms with Gasteiger partial charge < -0.3 is 9.64 Å². The highest BCUT2D eigenvalue weighted by Gasteiger charge is 2.30. The molecule has 1 atom stereocenters. The lowest BCUT2D eigenvalue weighted by molar-refractivity contribution is 0.0209. The van der Waals surface area contributed by atoms with Gasteiger partial charge in [-0.1, -0.05) is 22.9 Å². The lowest BCUT2D eigenvalue weighted by Crippen LogP contribution is -2.44. The molecule has 2 saturated heterocycles. The summed E-state index contributed by atoms with van der Waals surface area (Å²) in [6, 6.07) is 6.57. The summed E-state index contributed by atoms with van der Waals surface area (Å²) < 4.78 is 6.62. The van der Waals surface area contributed by atoms with E-state index in [4.69, 9.17) is 21.3 Å². The fraction of sp³-hybridized carbons (Fsp3) is 0.533. The summed E-state index contributed by atoms with van der Waals surface area (Å²) in [5.41, 5.74) is 1.05. The lowest BCUT2D eigenvalue weighted by atomic mass is 10.2. The Labute approximate surface area is 133 Å². The number of aromatic nitrogens is 1. The number of fused-ring (bicyclic) bond motifs is 1. The van der Waals surface area contributed by atoms with Crippen LogP contribution >= 0.6 is 22.9 Å². The van der Waals surface area contributed by atoms with Crippen molar-refractivity contribution in [2.45, 2.75) is 12.5 Å². The van der Waals surface area contributed by atoms with E-state index in [0.717, 1.165) is 55.1 Å². The first-order chi connectivity index (χ1) is 10.3. The van der Waals surface area contributed by atoms with Crippen LogP contribution in [0.5, 0.6) is 0 Å². The number of halogens is 1. The van der Waals surface area contributed by atoms with Crippen LogP contribution in [0.2, 0.25) is 5.02 Å². The van der Waals surface area contributed by atoms with Crippen LogP contribution in [0.1, 0.15) is 6.42 Å². The summed E-state index contributed by atoms with van der Waals surface area (Å²) >= 11 is 7.80. The van der Waals surface area contributed by atoms with E-state index in [0.29, 0.717) is 6.04 Å². The minimum Gasteiger partial charge on any atom is -0.379 e. The molecule has 21 heavy (non-hydrogen) atoms. The van der Waals surface area contributed by atoms with Crippen LogP contribution in [0.25, 0.3) is 10.2 Å². The van der Waals surface area contributed by atoms with Crippen molar-refractivity contribution in [1.29, 1.82) is 0 Å². The topological polar surface area (TPSA) is 28.6 Å². The first-order valence-electron chi connectivity index (χ1n) is 7.42. The quantitative estimate of drug-likeness (QED) is 0.849. The van der Waals surface area contributed by atoms with E-state index in [1.165, 1.54) is 11.1 Å². The molecule has 0 N–H and O–H groups in total. The minimum absolute atomic E-state index is 0.643. The van der Waals surface area contributed by atoms with Gasteiger partial charge in [0.05, 0.1) is 23.4 Å². The van der Waals surface area contributed by atoms with Crippen molar-refractivity contribution in [1.82, 2.24) is 9.88 Å². The molecule has 1 unspecified atom stereocenters. The second-order valence-electron chi connectivity index (χ2n) is 5.65. The van der Waals surface area contributed by atoms with Crippen molar-refractivity contribution in [3.05, 3.63) is 23.2 Å². The van der Waals surface area contributed by atoms with Gasteiger partial charge in [-0.3, -0.25) is 4.90 Å². The van der Waals surface area contributed by atoms with Gasteiger partial charge in [-0.2, -0.15) is 0 Å². The molecule has 0 aliphatic carbocycles. The Morgan fingerprint density at radius 3 is 2.95 bits per heavy atom. The van der Waals surface area contributed by atoms with Crippen molar-refractivity contribution in [3.63, 3.8) is 0 Å². The van der Waals surface area contributed by atoms with E-state index in [2.05, 4.69) is 9.80 Å². The fourth-order valence-electron chi connectivity index (χ4n) is 3.18. The smallest absolute Gasteiger partial charge is 0.186 e. The molecule has 3 heterocycles. The monoisotopic (exact) mass is 323 g/mol. The second kappa shape index (κ2) is 5.72. The number of rotatable bonds is 2. The lowest BCUT2D eigenvalue weighted by Gasteiger charge is -2.32. The van der Waals surface area contributed by atoms with Crippen molar-refractivity contribution in [2.24, 2.45) is 0 Å². The molecule has 2 aromatic rings. The Bertz CT molecular complexity index is 641. The van der Waals surface area contributed by atoms with Gasteiger partial charge in [-0.15, -0.1) is 0 Å². The van der Waals surface area contributed by atoms with Crippen LogP contribution in [0, 0.1) is 0 Å². The molecule has 6 heteroatoms. The Morgan fingerprint density at radius 2 is 2.10 bits per heavy atom. The number of hydrogen-bond donors (Lipinski definition) is 0. The van der Waals surface area contributed by atoms with Crippen LogP contribution in [-0.4, -0.2) is 55.3 Å².